The van der Waals surface area contributed by atoms with Crippen LogP contribution in [0.5, 0.6) is 11.7 Å². The van der Waals surface area contributed by atoms with Crippen LogP contribution < -0.4 is 4.74 Å². The zero-order chi connectivity index (χ0) is 16.1. The van der Waals surface area contributed by atoms with E-state index >= 15 is 0 Å². The summed E-state index contributed by atoms with van der Waals surface area (Å²) < 4.78 is 10.8. The molecule has 116 valence electrons. The Morgan fingerprint density at radius 2 is 1.86 bits per heavy atom. The fourth-order valence-electron chi connectivity index (χ4n) is 1.87. The number of rotatable bonds is 6. The summed E-state index contributed by atoms with van der Waals surface area (Å²) in [5, 5.41) is 8.88. The minimum Gasteiger partial charge on any atom is -0.480 e. The second-order valence-electron chi connectivity index (χ2n) is 4.95. The van der Waals surface area contributed by atoms with Crippen molar-refractivity contribution in [2.45, 2.75) is 19.9 Å². The van der Waals surface area contributed by atoms with Crippen molar-refractivity contribution in [3.8, 4) is 11.7 Å². The van der Waals surface area contributed by atoms with Gasteiger partial charge in [0.15, 0.2) is 5.76 Å². The van der Waals surface area contributed by atoms with Crippen LogP contribution in [0.15, 0.2) is 46.9 Å². The summed E-state index contributed by atoms with van der Waals surface area (Å²) in [7, 11) is 0. The first-order chi connectivity index (χ1) is 10.5. The summed E-state index contributed by atoms with van der Waals surface area (Å²) in [5.74, 6) is -0.758. The van der Waals surface area contributed by atoms with Crippen LogP contribution in [0, 0.1) is 0 Å². The molecule has 22 heavy (non-hydrogen) atoms. The molecule has 0 atom stereocenters. The standard InChI is InChI=1S/C16H17NO5/c1-11(2)17(10-14(18)19)16(20)13-8-9-15(22-13)21-12-6-4-3-5-7-12/h3-9,11H,10H2,1-2H3,(H,18,19). The SMILES string of the molecule is CC(C)N(CC(=O)O)C(=O)c1ccc(Oc2ccccc2)o1. The number of furan rings is 1. The van der Waals surface area contributed by atoms with Gasteiger partial charge in [0.05, 0.1) is 0 Å². The molecule has 0 unspecified atom stereocenters. The lowest BCUT2D eigenvalue weighted by Crippen LogP contribution is -2.40. The number of nitrogens with zero attached hydrogens (tertiary/aromatic N) is 1. The summed E-state index contributed by atoms with van der Waals surface area (Å²) in [5.41, 5.74) is 0. The molecule has 1 heterocycles. The highest BCUT2D eigenvalue weighted by atomic mass is 16.6. The number of carboxylic acids is 1. The number of carbonyl (C=O) groups excluding carboxylic acids is 1. The molecule has 0 aliphatic carbocycles. The molecule has 2 aromatic rings. The Morgan fingerprint density at radius 3 is 2.45 bits per heavy atom. The van der Waals surface area contributed by atoms with E-state index in [1.54, 1.807) is 26.0 Å². The Morgan fingerprint density at radius 1 is 1.18 bits per heavy atom. The number of amides is 1. The summed E-state index contributed by atoms with van der Waals surface area (Å²) in [6.45, 7) is 3.10. The lowest BCUT2D eigenvalue weighted by atomic mass is 10.3. The van der Waals surface area contributed by atoms with Gasteiger partial charge in [-0.15, -0.1) is 0 Å². The number of benzene rings is 1. The molecule has 0 saturated carbocycles. The molecule has 1 amide bonds. The molecular formula is C16H17NO5. The van der Waals surface area contributed by atoms with Crippen LogP contribution in [0.25, 0.3) is 0 Å². The highest BCUT2D eigenvalue weighted by Crippen LogP contribution is 2.24. The number of carbonyl (C=O) groups is 2. The van der Waals surface area contributed by atoms with Crippen LogP contribution in [0.4, 0.5) is 0 Å². The molecule has 0 bridgehead atoms. The van der Waals surface area contributed by atoms with E-state index in [1.165, 1.54) is 17.0 Å². The van der Waals surface area contributed by atoms with Gasteiger partial charge in [0.1, 0.15) is 12.3 Å². The Labute approximate surface area is 127 Å². The van der Waals surface area contributed by atoms with Crippen molar-refractivity contribution in [3.05, 3.63) is 48.2 Å². The lowest BCUT2D eigenvalue weighted by molar-refractivity contribution is -0.138. The summed E-state index contributed by atoms with van der Waals surface area (Å²) in [6, 6.07) is 11.7. The van der Waals surface area contributed by atoms with Gasteiger partial charge < -0.3 is 19.2 Å². The van der Waals surface area contributed by atoms with Crippen molar-refractivity contribution in [1.82, 2.24) is 4.90 Å². The zero-order valence-corrected chi connectivity index (χ0v) is 12.4. The third kappa shape index (κ3) is 3.88. The van der Waals surface area contributed by atoms with Crippen LogP contribution in [-0.2, 0) is 4.79 Å². The molecule has 0 saturated heterocycles. The van der Waals surface area contributed by atoms with E-state index in [1.807, 2.05) is 18.2 Å². The predicted octanol–water partition coefficient (Wildman–Crippen LogP) is 3.01. The molecular weight excluding hydrogens is 286 g/mol. The molecule has 2 rings (SSSR count). The molecule has 0 aliphatic heterocycles. The van der Waals surface area contributed by atoms with E-state index in [4.69, 9.17) is 14.3 Å². The topological polar surface area (TPSA) is 80.0 Å². The van der Waals surface area contributed by atoms with Crippen LogP contribution in [-0.4, -0.2) is 34.5 Å². The van der Waals surface area contributed by atoms with Gasteiger partial charge in [-0.25, -0.2) is 0 Å². The van der Waals surface area contributed by atoms with E-state index in [9.17, 15) is 9.59 Å². The van der Waals surface area contributed by atoms with Gasteiger partial charge >= 0.3 is 5.97 Å². The first-order valence-electron chi connectivity index (χ1n) is 6.83. The van der Waals surface area contributed by atoms with Crippen LogP contribution in [0.1, 0.15) is 24.4 Å². The molecule has 6 nitrogen and oxygen atoms in total. The summed E-state index contributed by atoms with van der Waals surface area (Å²) in [4.78, 5) is 24.4. The van der Waals surface area contributed by atoms with E-state index in [-0.39, 0.29) is 24.3 Å². The van der Waals surface area contributed by atoms with Gasteiger partial charge in [0.25, 0.3) is 11.9 Å². The normalized spacial score (nSPS) is 10.5. The molecule has 6 heteroatoms. The van der Waals surface area contributed by atoms with Gasteiger partial charge in [0.2, 0.25) is 0 Å². The molecule has 1 aromatic heterocycles. The van der Waals surface area contributed by atoms with Gasteiger partial charge in [0, 0.05) is 12.1 Å². The third-order valence-electron chi connectivity index (χ3n) is 2.94. The van der Waals surface area contributed by atoms with Crippen molar-refractivity contribution >= 4 is 11.9 Å². The third-order valence-corrected chi connectivity index (χ3v) is 2.94. The number of ether oxygens (including phenoxy) is 1. The smallest absolute Gasteiger partial charge is 0.323 e. The van der Waals surface area contributed by atoms with Crippen molar-refractivity contribution in [3.63, 3.8) is 0 Å². The first-order valence-corrected chi connectivity index (χ1v) is 6.83. The summed E-state index contributed by atoms with van der Waals surface area (Å²) >= 11 is 0. The minimum absolute atomic E-state index is 0.0425. The second kappa shape index (κ2) is 6.80. The number of hydrogen-bond donors (Lipinski definition) is 1. The van der Waals surface area contributed by atoms with Gasteiger partial charge in [-0.1, -0.05) is 18.2 Å². The summed E-state index contributed by atoms with van der Waals surface area (Å²) in [6.07, 6.45) is 0. The van der Waals surface area contributed by atoms with E-state index in [0.29, 0.717) is 5.75 Å². The quantitative estimate of drug-likeness (QED) is 0.887. The fourth-order valence-corrected chi connectivity index (χ4v) is 1.87. The Kier molecular flexibility index (Phi) is 4.83. The Hall–Kier alpha value is -2.76. The second-order valence-corrected chi connectivity index (χ2v) is 4.95. The van der Waals surface area contributed by atoms with Gasteiger partial charge in [-0.3, -0.25) is 9.59 Å². The maximum absolute atomic E-state index is 12.3. The number of para-hydroxylation sites is 1. The maximum atomic E-state index is 12.3. The average Bonchev–Trinajstić information content (AvgIpc) is 2.93. The first kappa shape index (κ1) is 15.6. The van der Waals surface area contributed by atoms with Crippen molar-refractivity contribution < 1.29 is 23.8 Å². The largest absolute Gasteiger partial charge is 0.480 e. The number of carboxylic acid groups (broad SMARTS) is 1. The molecule has 0 spiro atoms. The molecule has 1 aromatic carbocycles. The van der Waals surface area contributed by atoms with E-state index in [0.717, 1.165) is 0 Å². The fraction of sp³-hybridized carbons (Fsp3) is 0.250. The van der Waals surface area contributed by atoms with Crippen LogP contribution in [0.2, 0.25) is 0 Å². The molecule has 0 fully saturated rings. The van der Waals surface area contributed by atoms with Crippen LogP contribution >= 0.6 is 0 Å². The molecule has 0 aliphatic rings. The lowest BCUT2D eigenvalue weighted by Gasteiger charge is -2.23. The van der Waals surface area contributed by atoms with Crippen molar-refractivity contribution in [1.29, 1.82) is 0 Å². The van der Waals surface area contributed by atoms with Crippen LogP contribution in [0.3, 0.4) is 0 Å². The Balaban J connectivity index is 2.12. The highest BCUT2D eigenvalue weighted by molar-refractivity contribution is 5.93. The highest BCUT2D eigenvalue weighted by Gasteiger charge is 2.24. The van der Waals surface area contributed by atoms with Gasteiger partial charge in [-0.05, 0) is 32.0 Å². The molecule has 0 radical (unpaired) electrons. The number of hydrogen-bond acceptors (Lipinski definition) is 4. The molecule has 1 N–H and O–H groups in total. The number of aliphatic carboxylic acids is 1. The van der Waals surface area contributed by atoms with E-state index in [2.05, 4.69) is 0 Å². The maximum Gasteiger partial charge on any atom is 0.323 e. The zero-order valence-electron chi connectivity index (χ0n) is 12.4. The van der Waals surface area contributed by atoms with Crippen molar-refractivity contribution in [2.24, 2.45) is 0 Å². The monoisotopic (exact) mass is 303 g/mol. The van der Waals surface area contributed by atoms with Crippen molar-refractivity contribution in [2.75, 3.05) is 6.54 Å². The van der Waals surface area contributed by atoms with Gasteiger partial charge in [-0.2, -0.15) is 0 Å². The predicted molar refractivity (Wildman–Crippen MR) is 79.0 cm³/mol. The average molecular weight is 303 g/mol. The Bertz CT molecular complexity index is 648. The minimum atomic E-state index is -1.07. The van der Waals surface area contributed by atoms with E-state index < -0.39 is 11.9 Å².